The van der Waals surface area contributed by atoms with E-state index >= 15 is 0 Å². The van der Waals surface area contributed by atoms with Crippen LogP contribution in [0.5, 0.6) is 11.5 Å². The van der Waals surface area contributed by atoms with Gasteiger partial charge >= 0.3 is 0 Å². The summed E-state index contributed by atoms with van der Waals surface area (Å²) in [5.74, 6) is -0.168. The number of aryl methyl sites for hydroxylation is 2. The van der Waals surface area contributed by atoms with E-state index in [4.69, 9.17) is 32.7 Å². The van der Waals surface area contributed by atoms with Crippen molar-refractivity contribution in [1.29, 1.82) is 0 Å². The summed E-state index contributed by atoms with van der Waals surface area (Å²) < 4.78 is 16.7. The number of Topliss-reactive ketones (excluding diaryl/α,β-unsaturated/α-hetero) is 2. The van der Waals surface area contributed by atoms with Crippen LogP contribution in [0.25, 0.3) is 43.6 Å². The molecule has 0 atom stereocenters. The lowest BCUT2D eigenvalue weighted by Crippen LogP contribution is -2.27. The number of rotatable bonds is 40. The maximum absolute atomic E-state index is 14.3. The second kappa shape index (κ2) is 33.0. The molecule has 7 rings (SSSR count). The minimum absolute atomic E-state index is 0.105. The van der Waals surface area contributed by atoms with E-state index in [0.717, 1.165) is 69.5 Å². The zero-order valence-corrected chi connectivity index (χ0v) is 49.8. The van der Waals surface area contributed by atoms with Crippen LogP contribution in [-0.2, 0) is 22.7 Å². The molecule has 0 amide bonds. The summed E-state index contributed by atoms with van der Waals surface area (Å²) in [7, 11) is 3.22. The predicted molar refractivity (Wildman–Crippen MR) is 334 cm³/mol. The van der Waals surface area contributed by atoms with Gasteiger partial charge in [0.1, 0.15) is 33.0 Å². The summed E-state index contributed by atoms with van der Waals surface area (Å²) in [5.41, 5.74) is 5.18. The quantitative estimate of drug-likeness (QED) is 0.0294. The van der Waals surface area contributed by atoms with Gasteiger partial charge in [0, 0.05) is 57.8 Å². The molecule has 0 saturated carbocycles. The Morgan fingerprint density at radius 1 is 0.372 bits per heavy atom. The third-order valence-corrected chi connectivity index (χ3v) is 17.2. The summed E-state index contributed by atoms with van der Waals surface area (Å²) >= 11 is 13.8. The normalized spacial score (nSPS) is 13.2. The Kier molecular flexibility index (Phi) is 25.7. The van der Waals surface area contributed by atoms with Crippen molar-refractivity contribution >= 4 is 89.8 Å². The smallest absolute Gasteiger partial charge is 0.224 e. The van der Waals surface area contributed by atoms with Gasteiger partial charge in [-0.05, 0) is 37.1 Å². The van der Waals surface area contributed by atoms with Crippen molar-refractivity contribution in [2.45, 2.75) is 232 Å². The predicted octanol–water partition coefficient (Wildman–Crippen LogP) is 21.0. The van der Waals surface area contributed by atoms with Gasteiger partial charge in [0.25, 0.3) is 0 Å². The average Bonchev–Trinajstić information content (AvgIpc) is 4.09. The van der Waals surface area contributed by atoms with Crippen molar-refractivity contribution in [2.75, 3.05) is 24.9 Å². The molecule has 1 aliphatic rings. The number of nitrogens with one attached hydrogen (secondary N) is 2. The summed E-state index contributed by atoms with van der Waals surface area (Å²) in [6, 6.07) is 24.8. The summed E-state index contributed by atoms with van der Waals surface area (Å²) in [5, 5.41) is 10.1. The molecule has 424 valence electrons. The molecule has 0 aliphatic heterocycles. The van der Waals surface area contributed by atoms with E-state index in [1.807, 2.05) is 36.4 Å². The molecule has 0 unspecified atom stereocenters. The molecule has 10 heteroatoms. The van der Waals surface area contributed by atoms with E-state index in [1.54, 1.807) is 14.2 Å². The Morgan fingerprint density at radius 2 is 0.654 bits per heavy atom. The number of anilines is 2. The molecule has 78 heavy (non-hydrogen) atoms. The highest BCUT2D eigenvalue weighted by atomic mass is 35.5. The van der Waals surface area contributed by atoms with E-state index in [2.05, 4.69) is 70.0 Å². The third-order valence-electron chi connectivity index (χ3n) is 16.5. The molecule has 0 spiro atoms. The Bertz CT molecular complexity index is 2710. The van der Waals surface area contributed by atoms with Crippen LogP contribution in [0.3, 0.4) is 0 Å². The molecular formula is C68H94Cl2N4O4. The number of halogens is 2. The van der Waals surface area contributed by atoms with Crippen LogP contribution in [0, 0.1) is 0 Å². The fourth-order valence-electron chi connectivity index (χ4n) is 11.9. The molecule has 2 N–H and O–H groups in total. The fraction of sp³-hybridized carbons (Fsp3) is 0.559. The molecule has 6 aromatic rings. The van der Waals surface area contributed by atoms with Gasteiger partial charge < -0.3 is 29.2 Å². The van der Waals surface area contributed by atoms with Crippen LogP contribution in [0.15, 0.2) is 94.3 Å². The van der Waals surface area contributed by atoms with Crippen molar-refractivity contribution in [1.82, 2.24) is 9.13 Å². The SMILES string of the molecule is CCCCCCCCCCCCCCCCCCn1c2ccccc2c2cc(NC3=C(Cl)C(=O)C(Nc4cc5c6ccccc6n(CCCCCCCCCCCCCCCCCC)c5cc4OC)=C(Cl)C3=O)c(OC)cc21. The topological polar surface area (TPSA) is 86.5 Å². The lowest BCUT2D eigenvalue weighted by Gasteiger charge is -2.22. The Labute approximate surface area is 478 Å². The molecular weight excluding hydrogens is 1010 g/mol. The van der Waals surface area contributed by atoms with Crippen LogP contribution in [-0.4, -0.2) is 34.9 Å². The maximum atomic E-state index is 14.3. The van der Waals surface area contributed by atoms with E-state index in [1.165, 1.54) is 193 Å². The number of unbranched alkanes of at least 4 members (excludes halogenated alkanes) is 30. The first-order chi connectivity index (χ1) is 38.3. The molecule has 2 heterocycles. The van der Waals surface area contributed by atoms with E-state index in [-0.39, 0.29) is 21.5 Å². The van der Waals surface area contributed by atoms with E-state index < -0.39 is 11.6 Å². The first-order valence-electron chi connectivity index (χ1n) is 30.9. The van der Waals surface area contributed by atoms with Crippen LogP contribution in [0.4, 0.5) is 11.4 Å². The Balaban J connectivity index is 0.937. The third kappa shape index (κ3) is 16.6. The molecule has 0 radical (unpaired) electrons. The minimum Gasteiger partial charge on any atom is -0.494 e. The first kappa shape index (κ1) is 60.7. The monoisotopic (exact) mass is 1100 g/mol. The number of ketones is 2. The van der Waals surface area contributed by atoms with Crippen LogP contribution in [0.1, 0.15) is 219 Å². The molecule has 0 fully saturated rings. The first-order valence-corrected chi connectivity index (χ1v) is 31.7. The number of para-hydroxylation sites is 2. The van der Waals surface area contributed by atoms with Gasteiger partial charge in [-0.1, -0.05) is 266 Å². The van der Waals surface area contributed by atoms with Crippen molar-refractivity contribution in [3.8, 4) is 11.5 Å². The lowest BCUT2D eigenvalue weighted by molar-refractivity contribution is -0.115. The van der Waals surface area contributed by atoms with Crippen LogP contribution < -0.4 is 20.1 Å². The number of carbonyl (C=O) groups excluding carboxylic acids is 2. The number of methoxy groups -OCH3 is 2. The van der Waals surface area contributed by atoms with E-state index in [9.17, 15) is 9.59 Å². The number of carbonyl (C=O) groups is 2. The Hall–Kier alpha value is -4.92. The standard InChI is InChI=1S/C68H94Cl2N4O4/c1-5-7-9-11-13-15-17-19-21-23-25-27-29-31-33-39-45-73-57-43-37-35-41-51(57)53-47-55(61(77-3)49-59(53)73)71-65-63(69)68(76)66(64(70)67(65)75)72-56-48-54-52-42-36-38-44-58(52)74(60(54)50-62(56)78-4)46-40-34-32-30-28-26-24-22-20-18-16-14-12-10-8-6-2/h35-38,41-44,47-50,71-72H,5-34,39-40,45-46H2,1-4H3. The second-order valence-corrected chi connectivity index (χ2v) is 23.1. The molecule has 0 saturated heterocycles. The lowest BCUT2D eigenvalue weighted by atomic mass is 10.0. The van der Waals surface area contributed by atoms with Crippen molar-refractivity contribution in [3.63, 3.8) is 0 Å². The highest BCUT2D eigenvalue weighted by molar-refractivity contribution is 6.56. The zero-order valence-electron chi connectivity index (χ0n) is 48.3. The van der Waals surface area contributed by atoms with Gasteiger partial charge in [0.05, 0.1) is 36.6 Å². The van der Waals surface area contributed by atoms with Gasteiger partial charge in [0.15, 0.2) is 0 Å². The fourth-order valence-corrected chi connectivity index (χ4v) is 12.4. The average molecular weight is 1100 g/mol. The summed E-state index contributed by atoms with van der Waals surface area (Å²) in [4.78, 5) is 28.5. The molecule has 2 aromatic heterocycles. The van der Waals surface area contributed by atoms with Crippen molar-refractivity contribution < 1.29 is 19.1 Å². The largest absolute Gasteiger partial charge is 0.494 e. The summed E-state index contributed by atoms with van der Waals surface area (Å²) in [6.07, 6.45) is 42.8. The van der Waals surface area contributed by atoms with Gasteiger partial charge in [-0.2, -0.15) is 0 Å². The number of allylic oxidation sites excluding steroid dienone is 2. The number of nitrogens with zero attached hydrogens (tertiary/aromatic N) is 2. The number of fused-ring (bicyclic) bond motifs is 6. The van der Waals surface area contributed by atoms with Crippen LogP contribution >= 0.6 is 23.2 Å². The summed E-state index contributed by atoms with van der Waals surface area (Å²) in [6.45, 7) is 6.34. The second-order valence-electron chi connectivity index (χ2n) is 22.4. The van der Waals surface area contributed by atoms with Gasteiger partial charge in [0.2, 0.25) is 11.6 Å². The van der Waals surface area contributed by atoms with Crippen molar-refractivity contribution in [2.24, 2.45) is 0 Å². The molecule has 8 nitrogen and oxygen atoms in total. The van der Waals surface area contributed by atoms with E-state index in [0.29, 0.717) is 22.9 Å². The number of hydrogen-bond donors (Lipinski definition) is 2. The molecule has 4 aromatic carbocycles. The number of hydrogen-bond acceptors (Lipinski definition) is 6. The Morgan fingerprint density at radius 3 is 0.949 bits per heavy atom. The van der Waals surface area contributed by atoms with Gasteiger partial charge in [-0.3, -0.25) is 9.59 Å². The van der Waals surface area contributed by atoms with Crippen molar-refractivity contribution in [3.05, 3.63) is 94.3 Å². The number of ether oxygens (including phenoxy) is 2. The van der Waals surface area contributed by atoms with Gasteiger partial charge in [-0.15, -0.1) is 0 Å². The maximum Gasteiger partial charge on any atom is 0.224 e. The molecule has 1 aliphatic carbocycles. The highest BCUT2D eigenvalue weighted by Gasteiger charge is 2.35. The zero-order chi connectivity index (χ0) is 54.9. The minimum atomic E-state index is -0.604. The molecule has 0 bridgehead atoms. The number of aromatic nitrogens is 2. The van der Waals surface area contributed by atoms with Gasteiger partial charge in [-0.25, -0.2) is 0 Å². The number of benzene rings is 4. The van der Waals surface area contributed by atoms with Crippen LogP contribution in [0.2, 0.25) is 0 Å². The highest BCUT2D eigenvalue weighted by Crippen LogP contribution is 2.42.